The molecule has 2 amide bonds. The molecule has 0 radical (unpaired) electrons. The molecule has 2 fully saturated rings. The average Bonchev–Trinajstić information content (AvgIpc) is 2.70. The molecule has 1 aromatic carbocycles. The third-order valence-electron chi connectivity index (χ3n) is 5.32. The van der Waals surface area contributed by atoms with Crippen molar-refractivity contribution in [3.05, 3.63) is 35.9 Å². The van der Waals surface area contributed by atoms with E-state index in [1.54, 1.807) is 0 Å². The minimum atomic E-state index is -0.256. The molecule has 2 heterocycles. The van der Waals surface area contributed by atoms with E-state index in [1.807, 2.05) is 40.1 Å². The number of nitrogens with zero attached hydrogens (tertiary/aromatic N) is 3. The number of hydrogen-bond acceptors (Lipinski definition) is 4. The van der Waals surface area contributed by atoms with Gasteiger partial charge in [-0.05, 0) is 24.8 Å². The Morgan fingerprint density at radius 3 is 2.19 bits per heavy atom. The van der Waals surface area contributed by atoms with E-state index >= 15 is 0 Å². The summed E-state index contributed by atoms with van der Waals surface area (Å²) in [6.45, 7) is 4.51. The molecule has 0 saturated carbocycles. The van der Waals surface area contributed by atoms with Crippen LogP contribution in [0.4, 0.5) is 0 Å². The van der Waals surface area contributed by atoms with Crippen molar-refractivity contribution in [1.29, 1.82) is 0 Å². The van der Waals surface area contributed by atoms with E-state index in [0.717, 1.165) is 31.5 Å². The van der Waals surface area contributed by atoms with E-state index in [1.165, 1.54) is 13.5 Å². The number of hydrogen-bond donors (Lipinski definition) is 0. The number of carbonyl (C=O) groups excluding carboxylic acids is 2. The molecule has 0 bridgehead atoms. The van der Waals surface area contributed by atoms with Crippen LogP contribution in [-0.4, -0.2) is 79.5 Å². The molecule has 1 aromatic rings. The van der Waals surface area contributed by atoms with Gasteiger partial charge < -0.3 is 14.5 Å². The molecule has 142 valence electrons. The summed E-state index contributed by atoms with van der Waals surface area (Å²) in [5.74, 6) is 0.221. The first-order chi connectivity index (χ1) is 12.7. The van der Waals surface area contributed by atoms with Crippen LogP contribution >= 0.6 is 0 Å². The number of rotatable bonds is 5. The fraction of sp³-hybridized carbons (Fsp3) is 0.600. The Morgan fingerprint density at radius 2 is 1.58 bits per heavy atom. The van der Waals surface area contributed by atoms with Crippen molar-refractivity contribution < 1.29 is 14.3 Å². The van der Waals surface area contributed by atoms with E-state index in [-0.39, 0.29) is 24.5 Å². The first-order valence-corrected chi connectivity index (χ1v) is 9.55. The van der Waals surface area contributed by atoms with E-state index in [4.69, 9.17) is 4.74 Å². The molecule has 6 nitrogen and oxygen atoms in total. The van der Waals surface area contributed by atoms with Gasteiger partial charge in [0.2, 0.25) is 11.8 Å². The number of carbonyl (C=O) groups is 2. The summed E-state index contributed by atoms with van der Waals surface area (Å²) in [7, 11) is 1.54. The number of piperazine rings is 1. The van der Waals surface area contributed by atoms with Crippen LogP contribution < -0.4 is 0 Å². The van der Waals surface area contributed by atoms with Crippen molar-refractivity contribution >= 4 is 11.8 Å². The molecule has 1 unspecified atom stereocenters. The summed E-state index contributed by atoms with van der Waals surface area (Å²) in [6.07, 6.45) is 3.39. The van der Waals surface area contributed by atoms with Crippen LogP contribution in [0.25, 0.3) is 0 Å². The van der Waals surface area contributed by atoms with Crippen LogP contribution in [0.1, 0.15) is 30.9 Å². The van der Waals surface area contributed by atoms with Gasteiger partial charge in [0.15, 0.2) is 0 Å². The third kappa shape index (κ3) is 4.43. The zero-order chi connectivity index (χ0) is 18.4. The second-order valence-electron chi connectivity index (χ2n) is 7.05. The summed E-state index contributed by atoms with van der Waals surface area (Å²) in [6, 6.07) is 9.78. The van der Waals surface area contributed by atoms with Crippen molar-refractivity contribution in [2.75, 3.05) is 53.0 Å². The van der Waals surface area contributed by atoms with Gasteiger partial charge in [-0.15, -0.1) is 0 Å². The van der Waals surface area contributed by atoms with Crippen molar-refractivity contribution in [1.82, 2.24) is 14.7 Å². The maximum Gasteiger partial charge on any atom is 0.248 e. The Labute approximate surface area is 155 Å². The molecular weight excluding hydrogens is 330 g/mol. The molecule has 26 heavy (non-hydrogen) atoms. The highest BCUT2D eigenvalue weighted by molar-refractivity contribution is 5.83. The first kappa shape index (κ1) is 18.9. The maximum absolute atomic E-state index is 13.3. The zero-order valence-electron chi connectivity index (χ0n) is 15.6. The smallest absolute Gasteiger partial charge is 0.248 e. The lowest BCUT2D eigenvalue weighted by Gasteiger charge is -2.41. The summed E-state index contributed by atoms with van der Waals surface area (Å²) in [5, 5.41) is 0. The van der Waals surface area contributed by atoms with E-state index in [9.17, 15) is 9.59 Å². The molecule has 2 aliphatic heterocycles. The Balaban J connectivity index is 1.72. The van der Waals surface area contributed by atoms with Crippen LogP contribution in [0.15, 0.2) is 30.3 Å². The summed E-state index contributed by atoms with van der Waals surface area (Å²) in [5.41, 5.74) is 1.04. The lowest BCUT2D eigenvalue weighted by molar-refractivity contribution is -0.141. The molecule has 1 atom stereocenters. The second kappa shape index (κ2) is 9.14. The quantitative estimate of drug-likeness (QED) is 0.800. The maximum atomic E-state index is 13.3. The van der Waals surface area contributed by atoms with Crippen molar-refractivity contribution in [3.63, 3.8) is 0 Å². The molecule has 2 aliphatic rings. The Bertz CT molecular complexity index is 594. The minimum Gasteiger partial charge on any atom is -0.375 e. The minimum absolute atomic E-state index is 0.0192. The second-order valence-corrected chi connectivity index (χ2v) is 7.05. The van der Waals surface area contributed by atoms with Gasteiger partial charge in [-0.3, -0.25) is 14.5 Å². The van der Waals surface area contributed by atoms with Crippen molar-refractivity contribution in [2.45, 2.75) is 25.3 Å². The molecule has 2 saturated heterocycles. The van der Waals surface area contributed by atoms with Gasteiger partial charge in [0, 0.05) is 46.4 Å². The number of amides is 2. The van der Waals surface area contributed by atoms with Crippen LogP contribution in [-0.2, 0) is 14.3 Å². The highest BCUT2D eigenvalue weighted by Crippen LogP contribution is 2.26. The highest BCUT2D eigenvalue weighted by Gasteiger charge is 2.34. The molecule has 0 N–H and O–H groups in total. The lowest BCUT2D eigenvalue weighted by atomic mass is 10.0. The standard InChI is InChI=1S/C20H29N3O3/c1-26-16-18(24)21-12-14-22(15-13-21)19(17-8-4-2-5-9-17)20(25)23-10-6-3-7-11-23/h2,4-5,8-9,19H,3,6-7,10-16H2,1H3. The first-order valence-electron chi connectivity index (χ1n) is 9.55. The topological polar surface area (TPSA) is 53.1 Å². The Hall–Kier alpha value is -1.92. The van der Waals surface area contributed by atoms with Gasteiger partial charge in [-0.1, -0.05) is 30.3 Å². The van der Waals surface area contributed by atoms with Gasteiger partial charge in [0.05, 0.1) is 0 Å². The monoisotopic (exact) mass is 359 g/mol. The van der Waals surface area contributed by atoms with Crippen LogP contribution in [0.5, 0.6) is 0 Å². The normalized spacial score (nSPS) is 20.0. The van der Waals surface area contributed by atoms with Gasteiger partial charge >= 0.3 is 0 Å². The van der Waals surface area contributed by atoms with E-state index < -0.39 is 0 Å². The van der Waals surface area contributed by atoms with Crippen LogP contribution in [0.2, 0.25) is 0 Å². The largest absolute Gasteiger partial charge is 0.375 e. The molecule has 0 spiro atoms. The number of methoxy groups -OCH3 is 1. The predicted molar refractivity (Wildman–Crippen MR) is 99.6 cm³/mol. The Kier molecular flexibility index (Phi) is 6.63. The third-order valence-corrected chi connectivity index (χ3v) is 5.32. The van der Waals surface area contributed by atoms with Crippen LogP contribution in [0.3, 0.4) is 0 Å². The summed E-state index contributed by atoms with van der Waals surface area (Å²) < 4.78 is 4.95. The summed E-state index contributed by atoms with van der Waals surface area (Å²) in [4.78, 5) is 31.4. The Morgan fingerprint density at radius 1 is 0.923 bits per heavy atom. The summed E-state index contributed by atoms with van der Waals surface area (Å²) >= 11 is 0. The molecule has 6 heteroatoms. The van der Waals surface area contributed by atoms with Gasteiger partial charge in [-0.25, -0.2) is 0 Å². The fourth-order valence-electron chi connectivity index (χ4n) is 3.88. The molecule has 0 aromatic heterocycles. The average molecular weight is 359 g/mol. The molecular formula is C20H29N3O3. The number of likely N-dealkylation sites (tertiary alicyclic amines) is 1. The fourth-order valence-corrected chi connectivity index (χ4v) is 3.88. The van der Waals surface area contributed by atoms with E-state index in [2.05, 4.69) is 4.90 Å². The SMILES string of the molecule is COCC(=O)N1CCN(C(C(=O)N2CCCCC2)c2ccccc2)CC1. The van der Waals surface area contributed by atoms with Gasteiger partial charge in [0.1, 0.15) is 12.6 Å². The van der Waals surface area contributed by atoms with E-state index in [0.29, 0.717) is 26.2 Å². The number of piperidine rings is 1. The number of benzene rings is 1. The number of ether oxygens (including phenoxy) is 1. The zero-order valence-corrected chi connectivity index (χ0v) is 15.6. The van der Waals surface area contributed by atoms with Crippen molar-refractivity contribution in [2.24, 2.45) is 0 Å². The van der Waals surface area contributed by atoms with Gasteiger partial charge in [-0.2, -0.15) is 0 Å². The van der Waals surface area contributed by atoms with Crippen LogP contribution in [0, 0.1) is 0 Å². The highest BCUT2D eigenvalue weighted by atomic mass is 16.5. The van der Waals surface area contributed by atoms with Gasteiger partial charge in [0.25, 0.3) is 0 Å². The van der Waals surface area contributed by atoms with Crippen molar-refractivity contribution in [3.8, 4) is 0 Å². The lowest BCUT2D eigenvalue weighted by Crippen LogP contribution is -2.53. The molecule has 0 aliphatic carbocycles. The molecule has 3 rings (SSSR count). The predicted octanol–water partition coefficient (Wildman–Crippen LogP) is 1.53.